The lowest BCUT2D eigenvalue weighted by Crippen LogP contribution is -2.57. The molecule has 14 heavy (non-hydrogen) atoms. The van der Waals surface area contributed by atoms with Gasteiger partial charge in [-0.1, -0.05) is 26.2 Å². The minimum absolute atomic E-state index is 0.0209. The van der Waals surface area contributed by atoms with E-state index in [0.29, 0.717) is 5.92 Å². The van der Waals surface area contributed by atoms with E-state index in [4.69, 9.17) is 4.74 Å². The maximum atomic E-state index is 6.01. The van der Waals surface area contributed by atoms with Gasteiger partial charge in [0.15, 0.2) is 0 Å². The summed E-state index contributed by atoms with van der Waals surface area (Å²) in [6.07, 6.45) is 6.89. The topological polar surface area (TPSA) is 21.3 Å². The number of hydrogen-bond acceptors (Lipinski definition) is 2. The lowest BCUT2D eigenvalue weighted by Gasteiger charge is -2.44. The average molecular weight is 197 g/mol. The maximum absolute atomic E-state index is 6.01. The van der Waals surface area contributed by atoms with E-state index in [0.717, 1.165) is 19.1 Å². The summed E-state index contributed by atoms with van der Waals surface area (Å²) in [5, 5.41) is 3.59. The summed E-state index contributed by atoms with van der Waals surface area (Å²) < 4.78 is 6.01. The van der Waals surface area contributed by atoms with Crippen LogP contribution in [0.15, 0.2) is 0 Å². The fourth-order valence-corrected chi connectivity index (χ4v) is 2.72. The summed E-state index contributed by atoms with van der Waals surface area (Å²) >= 11 is 0. The maximum Gasteiger partial charge on any atom is 0.119 e. The third-order valence-corrected chi connectivity index (χ3v) is 3.85. The quantitative estimate of drug-likeness (QED) is 0.697. The third kappa shape index (κ3) is 2.12. The van der Waals surface area contributed by atoms with Crippen molar-refractivity contribution in [3.8, 4) is 0 Å². The number of nitrogens with one attached hydrogen (secondary N) is 1. The van der Waals surface area contributed by atoms with Gasteiger partial charge >= 0.3 is 0 Å². The zero-order valence-corrected chi connectivity index (χ0v) is 9.51. The first-order valence-corrected chi connectivity index (χ1v) is 6.10. The molecule has 0 spiro atoms. The molecule has 0 aromatic heterocycles. The van der Waals surface area contributed by atoms with Gasteiger partial charge in [-0.3, -0.25) is 5.32 Å². The second-order valence-corrected chi connectivity index (χ2v) is 5.24. The molecule has 0 aromatic rings. The van der Waals surface area contributed by atoms with Gasteiger partial charge in [-0.05, 0) is 25.7 Å². The molecular formula is C12H23NO. The van der Waals surface area contributed by atoms with E-state index in [9.17, 15) is 0 Å². The van der Waals surface area contributed by atoms with E-state index in [1.165, 1.54) is 32.1 Å². The molecule has 2 aliphatic rings. The Balaban J connectivity index is 1.93. The molecule has 2 unspecified atom stereocenters. The second-order valence-electron chi connectivity index (χ2n) is 5.24. The molecule has 0 bridgehead atoms. The molecule has 0 radical (unpaired) electrons. The first-order valence-electron chi connectivity index (χ1n) is 6.10. The van der Waals surface area contributed by atoms with E-state index in [1.807, 2.05) is 0 Å². The Hall–Kier alpha value is -0.0800. The first kappa shape index (κ1) is 10.4. The Morgan fingerprint density at radius 1 is 1.21 bits per heavy atom. The molecule has 2 rings (SSSR count). The summed E-state index contributed by atoms with van der Waals surface area (Å²) in [7, 11) is 0. The van der Waals surface area contributed by atoms with Gasteiger partial charge in [0.05, 0.1) is 6.61 Å². The summed E-state index contributed by atoms with van der Waals surface area (Å²) in [6, 6.07) is 0. The second kappa shape index (κ2) is 4.19. The summed E-state index contributed by atoms with van der Waals surface area (Å²) in [4.78, 5) is 0. The van der Waals surface area contributed by atoms with Crippen molar-refractivity contribution in [3.05, 3.63) is 0 Å². The smallest absolute Gasteiger partial charge is 0.119 e. The highest BCUT2D eigenvalue weighted by Gasteiger charge is 2.38. The zero-order chi connectivity index (χ0) is 10.0. The van der Waals surface area contributed by atoms with E-state index >= 15 is 0 Å². The Morgan fingerprint density at radius 3 is 2.50 bits per heavy atom. The number of ether oxygens (including phenoxy) is 1. The van der Waals surface area contributed by atoms with E-state index < -0.39 is 0 Å². The highest BCUT2D eigenvalue weighted by molar-refractivity contribution is 4.87. The molecule has 0 aromatic carbocycles. The van der Waals surface area contributed by atoms with Gasteiger partial charge < -0.3 is 4.74 Å². The van der Waals surface area contributed by atoms with Crippen LogP contribution in [0.2, 0.25) is 0 Å². The standard InChI is InChI=1S/C12H23NO/c1-10-8-13-12(2,14-9-10)11-6-4-3-5-7-11/h10-11,13H,3-9H2,1-2H3. The molecule has 2 atom stereocenters. The van der Waals surface area contributed by atoms with Crippen molar-refractivity contribution in [2.24, 2.45) is 11.8 Å². The van der Waals surface area contributed by atoms with Crippen LogP contribution in [0, 0.1) is 11.8 Å². The highest BCUT2D eigenvalue weighted by atomic mass is 16.5. The molecule has 2 heteroatoms. The van der Waals surface area contributed by atoms with Gasteiger partial charge in [0.2, 0.25) is 0 Å². The predicted octanol–water partition coefficient (Wildman–Crippen LogP) is 2.54. The van der Waals surface area contributed by atoms with E-state index in [1.54, 1.807) is 0 Å². The Morgan fingerprint density at radius 2 is 1.93 bits per heavy atom. The normalized spacial score (nSPS) is 41.1. The molecule has 1 saturated heterocycles. The Labute approximate surface area is 87.4 Å². The molecular weight excluding hydrogens is 174 g/mol. The van der Waals surface area contributed by atoms with Crippen LogP contribution < -0.4 is 5.32 Å². The van der Waals surface area contributed by atoms with Crippen LogP contribution in [0.25, 0.3) is 0 Å². The van der Waals surface area contributed by atoms with Crippen molar-refractivity contribution in [3.63, 3.8) is 0 Å². The number of hydrogen-bond donors (Lipinski definition) is 1. The Kier molecular flexibility index (Phi) is 3.13. The number of rotatable bonds is 1. The molecule has 1 aliphatic heterocycles. The summed E-state index contributed by atoms with van der Waals surface area (Å²) in [5.74, 6) is 1.41. The van der Waals surface area contributed by atoms with Crippen molar-refractivity contribution in [1.29, 1.82) is 0 Å². The van der Waals surface area contributed by atoms with E-state index in [-0.39, 0.29) is 5.72 Å². The van der Waals surface area contributed by atoms with Crippen LogP contribution >= 0.6 is 0 Å². The predicted molar refractivity (Wildman–Crippen MR) is 58.1 cm³/mol. The third-order valence-electron chi connectivity index (χ3n) is 3.85. The van der Waals surface area contributed by atoms with Crippen LogP contribution in [0.4, 0.5) is 0 Å². The van der Waals surface area contributed by atoms with Crippen LogP contribution in [0.1, 0.15) is 46.0 Å². The first-order chi connectivity index (χ1) is 6.71. The minimum Gasteiger partial charge on any atom is -0.360 e. The van der Waals surface area contributed by atoms with Gasteiger partial charge in [0, 0.05) is 12.5 Å². The van der Waals surface area contributed by atoms with Crippen molar-refractivity contribution in [2.45, 2.75) is 51.7 Å². The van der Waals surface area contributed by atoms with Crippen molar-refractivity contribution < 1.29 is 4.74 Å². The van der Waals surface area contributed by atoms with Gasteiger partial charge in [-0.15, -0.1) is 0 Å². The van der Waals surface area contributed by atoms with Gasteiger partial charge in [-0.2, -0.15) is 0 Å². The van der Waals surface area contributed by atoms with Gasteiger partial charge in [0.1, 0.15) is 5.72 Å². The summed E-state index contributed by atoms with van der Waals surface area (Å²) in [5.41, 5.74) is -0.0209. The molecule has 2 fully saturated rings. The van der Waals surface area contributed by atoms with E-state index in [2.05, 4.69) is 19.2 Å². The molecule has 1 aliphatic carbocycles. The SMILES string of the molecule is CC1CNC(C)(C2CCCCC2)OC1. The minimum atomic E-state index is -0.0209. The lowest BCUT2D eigenvalue weighted by atomic mass is 9.81. The fourth-order valence-electron chi connectivity index (χ4n) is 2.72. The molecule has 1 saturated carbocycles. The van der Waals surface area contributed by atoms with Gasteiger partial charge in [0.25, 0.3) is 0 Å². The molecule has 2 nitrogen and oxygen atoms in total. The van der Waals surface area contributed by atoms with Gasteiger partial charge in [-0.25, -0.2) is 0 Å². The van der Waals surface area contributed by atoms with Crippen molar-refractivity contribution >= 4 is 0 Å². The van der Waals surface area contributed by atoms with Crippen molar-refractivity contribution in [1.82, 2.24) is 5.32 Å². The molecule has 1 heterocycles. The van der Waals surface area contributed by atoms with Crippen molar-refractivity contribution in [2.75, 3.05) is 13.2 Å². The van der Waals surface area contributed by atoms with Crippen LogP contribution in [-0.4, -0.2) is 18.9 Å². The zero-order valence-electron chi connectivity index (χ0n) is 9.51. The summed E-state index contributed by atoms with van der Waals surface area (Å²) in [6.45, 7) is 6.54. The van der Waals surface area contributed by atoms with Crippen LogP contribution in [-0.2, 0) is 4.74 Å². The highest BCUT2D eigenvalue weighted by Crippen LogP contribution is 2.34. The largest absolute Gasteiger partial charge is 0.360 e. The average Bonchev–Trinajstić information content (AvgIpc) is 2.24. The molecule has 1 N–H and O–H groups in total. The fraction of sp³-hybridized carbons (Fsp3) is 1.00. The van der Waals surface area contributed by atoms with Crippen LogP contribution in [0.3, 0.4) is 0 Å². The molecule has 0 amide bonds. The Bertz CT molecular complexity index is 179. The van der Waals surface area contributed by atoms with Crippen LogP contribution in [0.5, 0.6) is 0 Å². The monoisotopic (exact) mass is 197 g/mol. The lowest BCUT2D eigenvalue weighted by molar-refractivity contribution is -0.142. The molecule has 82 valence electrons.